The van der Waals surface area contributed by atoms with Crippen molar-refractivity contribution in [1.29, 1.82) is 0 Å². The Morgan fingerprint density at radius 1 is 1.17 bits per heavy atom. The molecule has 1 unspecified atom stereocenters. The van der Waals surface area contributed by atoms with Gasteiger partial charge in [-0.05, 0) is 44.4 Å². The molecule has 1 heteroatoms. The molecule has 0 radical (unpaired) electrons. The molecule has 1 nitrogen and oxygen atoms in total. The van der Waals surface area contributed by atoms with Crippen molar-refractivity contribution in [2.45, 2.75) is 33.7 Å². The van der Waals surface area contributed by atoms with Gasteiger partial charge in [0, 0.05) is 6.04 Å². The topological polar surface area (TPSA) is 26.0 Å². The maximum atomic E-state index is 5.85. The van der Waals surface area contributed by atoms with Gasteiger partial charge in [0.2, 0.25) is 0 Å². The number of hydrogen-bond donors (Lipinski definition) is 1. The molecule has 1 aromatic carbocycles. The predicted molar refractivity (Wildman–Crippen MR) is 53.3 cm³/mol. The molecule has 0 aliphatic heterocycles. The highest BCUT2D eigenvalue weighted by Crippen LogP contribution is 2.20. The Kier molecular flexibility index (Phi) is 2.53. The SMILES string of the molecule is Cc1cc(C)c(C)c(C(C)N)c1. The Hall–Kier alpha value is -0.820. The Bertz CT molecular complexity index is 287. The summed E-state index contributed by atoms with van der Waals surface area (Å²) in [6.45, 7) is 8.40. The van der Waals surface area contributed by atoms with E-state index in [0.717, 1.165) is 0 Å². The lowest BCUT2D eigenvalue weighted by molar-refractivity contribution is 0.806. The van der Waals surface area contributed by atoms with E-state index in [1.54, 1.807) is 0 Å². The Morgan fingerprint density at radius 3 is 2.25 bits per heavy atom. The average molecular weight is 163 g/mol. The van der Waals surface area contributed by atoms with Gasteiger partial charge in [0.1, 0.15) is 0 Å². The second kappa shape index (κ2) is 3.28. The molecule has 0 aliphatic carbocycles. The van der Waals surface area contributed by atoms with E-state index in [1.165, 1.54) is 22.3 Å². The van der Waals surface area contributed by atoms with Crippen molar-refractivity contribution in [3.8, 4) is 0 Å². The van der Waals surface area contributed by atoms with Crippen LogP contribution in [-0.2, 0) is 0 Å². The smallest absolute Gasteiger partial charge is 0.0268 e. The van der Waals surface area contributed by atoms with Crippen LogP contribution in [0.3, 0.4) is 0 Å². The van der Waals surface area contributed by atoms with Gasteiger partial charge in [0.05, 0.1) is 0 Å². The Labute approximate surface area is 74.6 Å². The molecule has 0 bridgehead atoms. The molecule has 2 N–H and O–H groups in total. The molecule has 0 saturated carbocycles. The normalized spacial score (nSPS) is 13.1. The molecular weight excluding hydrogens is 146 g/mol. The van der Waals surface area contributed by atoms with Crippen molar-refractivity contribution in [2.75, 3.05) is 0 Å². The van der Waals surface area contributed by atoms with Crippen LogP contribution in [-0.4, -0.2) is 0 Å². The van der Waals surface area contributed by atoms with Crippen LogP contribution in [0.2, 0.25) is 0 Å². The van der Waals surface area contributed by atoms with E-state index in [0.29, 0.717) is 0 Å². The molecule has 0 fully saturated rings. The number of nitrogens with two attached hydrogens (primary N) is 1. The summed E-state index contributed by atoms with van der Waals surface area (Å²) < 4.78 is 0. The Morgan fingerprint density at radius 2 is 1.75 bits per heavy atom. The van der Waals surface area contributed by atoms with Gasteiger partial charge in [0.25, 0.3) is 0 Å². The molecule has 12 heavy (non-hydrogen) atoms. The third-order valence-electron chi connectivity index (χ3n) is 2.34. The van der Waals surface area contributed by atoms with Crippen LogP contribution in [0.15, 0.2) is 12.1 Å². The first-order valence-electron chi connectivity index (χ1n) is 4.35. The molecular formula is C11H17N. The van der Waals surface area contributed by atoms with Gasteiger partial charge in [-0.1, -0.05) is 17.7 Å². The molecule has 0 spiro atoms. The quantitative estimate of drug-likeness (QED) is 0.676. The van der Waals surface area contributed by atoms with Crippen LogP contribution in [0.4, 0.5) is 0 Å². The molecule has 0 aliphatic rings. The average Bonchev–Trinajstić information content (AvgIpc) is 1.96. The van der Waals surface area contributed by atoms with E-state index in [2.05, 4.69) is 32.9 Å². The minimum Gasteiger partial charge on any atom is -0.324 e. The highest BCUT2D eigenvalue weighted by Gasteiger charge is 2.05. The van der Waals surface area contributed by atoms with E-state index >= 15 is 0 Å². The van der Waals surface area contributed by atoms with Crippen LogP contribution in [0.25, 0.3) is 0 Å². The first-order valence-corrected chi connectivity index (χ1v) is 4.35. The van der Waals surface area contributed by atoms with Gasteiger partial charge in [-0.3, -0.25) is 0 Å². The van der Waals surface area contributed by atoms with E-state index in [9.17, 15) is 0 Å². The van der Waals surface area contributed by atoms with Gasteiger partial charge in [-0.15, -0.1) is 0 Å². The van der Waals surface area contributed by atoms with Gasteiger partial charge in [-0.2, -0.15) is 0 Å². The van der Waals surface area contributed by atoms with E-state index in [4.69, 9.17) is 5.73 Å². The lowest BCUT2D eigenvalue weighted by Crippen LogP contribution is -2.08. The maximum absolute atomic E-state index is 5.85. The predicted octanol–water partition coefficient (Wildman–Crippen LogP) is 2.63. The van der Waals surface area contributed by atoms with Gasteiger partial charge >= 0.3 is 0 Å². The molecule has 0 amide bonds. The molecule has 0 aromatic heterocycles. The zero-order valence-electron chi connectivity index (χ0n) is 8.31. The number of rotatable bonds is 1. The monoisotopic (exact) mass is 163 g/mol. The van der Waals surface area contributed by atoms with Crippen molar-refractivity contribution in [2.24, 2.45) is 5.73 Å². The van der Waals surface area contributed by atoms with Gasteiger partial charge in [-0.25, -0.2) is 0 Å². The van der Waals surface area contributed by atoms with Crippen molar-refractivity contribution in [3.63, 3.8) is 0 Å². The maximum Gasteiger partial charge on any atom is 0.0268 e. The van der Waals surface area contributed by atoms with Crippen LogP contribution < -0.4 is 5.73 Å². The van der Waals surface area contributed by atoms with Crippen LogP contribution in [0, 0.1) is 20.8 Å². The van der Waals surface area contributed by atoms with Crippen molar-refractivity contribution in [3.05, 3.63) is 34.4 Å². The summed E-state index contributed by atoms with van der Waals surface area (Å²) in [5.41, 5.74) is 11.1. The minimum atomic E-state index is 0.142. The summed E-state index contributed by atoms with van der Waals surface area (Å²) in [7, 11) is 0. The van der Waals surface area contributed by atoms with E-state index < -0.39 is 0 Å². The van der Waals surface area contributed by atoms with Gasteiger partial charge in [0.15, 0.2) is 0 Å². The third-order valence-corrected chi connectivity index (χ3v) is 2.34. The second-order valence-corrected chi connectivity index (χ2v) is 3.58. The summed E-state index contributed by atoms with van der Waals surface area (Å²) in [6.07, 6.45) is 0. The standard InChI is InChI=1S/C11H17N/c1-7-5-8(2)9(3)11(6-7)10(4)12/h5-6,10H,12H2,1-4H3. The molecule has 1 atom stereocenters. The lowest BCUT2D eigenvalue weighted by atomic mass is 9.96. The molecule has 1 rings (SSSR count). The highest BCUT2D eigenvalue weighted by molar-refractivity contribution is 5.38. The highest BCUT2D eigenvalue weighted by atomic mass is 14.6. The fourth-order valence-corrected chi connectivity index (χ4v) is 1.55. The Balaban J connectivity index is 3.28. The summed E-state index contributed by atoms with van der Waals surface area (Å²) in [4.78, 5) is 0. The summed E-state index contributed by atoms with van der Waals surface area (Å²) in [5.74, 6) is 0. The van der Waals surface area contributed by atoms with Crippen LogP contribution in [0.5, 0.6) is 0 Å². The molecule has 0 heterocycles. The van der Waals surface area contributed by atoms with Crippen LogP contribution in [0.1, 0.15) is 35.2 Å². The fraction of sp³-hybridized carbons (Fsp3) is 0.455. The number of hydrogen-bond acceptors (Lipinski definition) is 1. The molecule has 66 valence electrons. The summed E-state index contributed by atoms with van der Waals surface area (Å²) in [6, 6.07) is 4.51. The van der Waals surface area contributed by atoms with Crippen molar-refractivity contribution >= 4 is 0 Å². The lowest BCUT2D eigenvalue weighted by Gasteiger charge is -2.13. The molecule has 0 saturated heterocycles. The first kappa shape index (κ1) is 9.27. The largest absolute Gasteiger partial charge is 0.324 e. The summed E-state index contributed by atoms with van der Waals surface area (Å²) in [5, 5.41) is 0. The zero-order chi connectivity index (χ0) is 9.30. The minimum absolute atomic E-state index is 0.142. The van der Waals surface area contributed by atoms with E-state index in [1.807, 2.05) is 6.92 Å². The number of benzene rings is 1. The van der Waals surface area contributed by atoms with Gasteiger partial charge < -0.3 is 5.73 Å². The van der Waals surface area contributed by atoms with Crippen molar-refractivity contribution < 1.29 is 0 Å². The summed E-state index contributed by atoms with van der Waals surface area (Å²) >= 11 is 0. The number of aryl methyl sites for hydroxylation is 2. The first-order chi connectivity index (χ1) is 5.52. The second-order valence-electron chi connectivity index (χ2n) is 3.58. The zero-order valence-corrected chi connectivity index (χ0v) is 8.31. The fourth-order valence-electron chi connectivity index (χ4n) is 1.55. The van der Waals surface area contributed by atoms with Crippen LogP contribution >= 0.6 is 0 Å². The molecule has 1 aromatic rings. The van der Waals surface area contributed by atoms with Crippen molar-refractivity contribution in [1.82, 2.24) is 0 Å². The van der Waals surface area contributed by atoms with E-state index in [-0.39, 0.29) is 6.04 Å². The third kappa shape index (κ3) is 1.67.